The minimum absolute atomic E-state index is 0.245. The van der Waals surface area contributed by atoms with E-state index in [0.29, 0.717) is 5.41 Å². The van der Waals surface area contributed by atoms with Gasteiger partial charge in [-0.3, -0.25) is 0 Å². The number of hydrogen-bond acceptors (Lipinski definition) is 3. The van der Waals surface area contributed by atoms with Crippen LogP contribution in [-0.4, -0.2) is 16.5 Å². The van der Waals surface area contributed by atoms with Gasteiger partial charge < -0.3 is 0 Å². The monoisotopic (exact) mass is 271 g/mol. The maximum absolute atomic E-state index is 4.52. The lowest BCUT2D eigenvalue weighted by atomic mass is 9.96. The predicted molar refractivity (Wildman–Crippen MR) is 81.3 cm³/mol. The van der Waals surface area contributed by atoms with Crippen molar-refractivity contribution >= 4 is 23.1 Å². The lowest BCUT2D eigenvalue weighted by Gasteiger charge is -2.16. The van der Waals surface area contributed by atoms with E-state index >= 15 is 0 Å². The Morgan fingerprint density at radius 1 is 1.18 bits per heavy atom. The molecule has 0 bridgehead atoms. The molecule has 98 valence electrons. The Labute approximate surface area is 114 Å². The van der Waals surface area contributed by atoms with Crippen molar-refractivity contribution in [3.63, 3.8) is 0 Å². The molecule has 0 unspecified atom stereocenters. The fourth-order valence-electron chi connectivity index (χ4n) is 1.31. The summed E-state index contributed by atoms with van der Waals surface area (Å²) in [4.78, 5) is 5.92. The smallest absolute Gasteiger partial charge is 0.0936 e. The van der Waals surface area contributed by atoms with E-state index in [4.69, 9.17) is 0 Å². The van der Waals surface area contributed by atoms with Crippen LogP contribution in [0.3, 0.4) is 0 Å². The average molecular weight is 271 g/mol. The third kappa shape index (κ3) is 5.91. The van der Waals surface area contributed by atoms with E-state index in [1.54, 1.807) is 0 Å². The van der Waals surface area contributed by atoms with Crippen molar-refractivity contribution in [1.29, 1.82) is 0 Å². The summed E-state index contributed by atoms with van der Waals surface area (Å²) in [7, 11) is 0. The van der Waals surface area contributed by atoms with E-state index in [-0.39, 0.29) is 5.41 Å². The lowest BCUT2D eigenvalue weighted by molar-refractivity contribution is 0.481. The standard InChI is InChI=1S/C14H25NS2/c1-13(2,3)10-16-8-7-12-15-9-11(17-12)14(4,5)6/h9H,7-8,10H2,1-6H3. The Morgan fingerprint density at radius 2 is 1.82 bits per heavy atom. The van der Waals surface area contributed by atoms with Crippen molar-refractivity contribution in [2.24, 2.45) is 5.41 Å². The van der Waals surface area contributed by atoms with Crippen LogP contribution >= 0.6 is 23.1 Å². The molecular weight excluding hydrogens is 246 g/mol. The van der Waals surface area contributed by atoms with Gasteiger partial charge >= 0.3 is 0 Å². The molecule has 3 heteroatoms. The quantitative estimate of drug-likeness (QED) is 0.732. The Kier molecular flexibility index (Phi) is 5.08. The van der Waals surface area contributed by atoms with Gasteiger partial charge in [-0.2, -0.15) is 11.8 Å². The fraction of sp³-hybridized carbons (Fsp3) is 0.786. The fourth-order valence-corrected chi connectivity index (χ4v) is 3.51. The minimum Gasteiger partial charge on any atom is -0.249 e. The minimum atomic E-state index is 0.245. The van der Waals surface area contributed by atoms with Crippen molar-refractivity contribution < 1.29 is 0 Å². The normalized spacial score (nSPS) is 13.1. The zero-order valence-electron chi connectivity index (χ0n) is 12.0. The summed E-state index contributed by atoms with van der Waals surface area (Å²) >= 11 is 3.91. The Hall–Kier alpha value is -0.0200. The number of nitrogens with zero attached hydrogens (tertiary/aromatic N) is 1. The number of rotatable bonds is 4. The second-order valence-corrected chi connectivity index (χ2v) is 8.95. The van der Waals surface area contributed by atoms with Gasteiger partial charge in [0, 0.05) is 17.5 Å². The molecule has 0 fully saturated rings. The van der Waals surface area contributed by atoms with Crippen LogP contribution in [0.25, 0.3) is 0 Å². The Morgan fingerprint density at radius 3 is 2.29 bits per heavy atom. The number of hydrogen-bond donors (Lipinski definition) is 0. The largest absolute Gasteiger partial charge is 0.249 e. The molecule has 0 saturated carbocycles. The van der Waals surface area contributed by atoms with E-state index in [0.717, 1.165) is 6.42 Å². The topological polar surface area (TPSA) is 12.9 Å². The number of thioether (sulfide) groups is 1. The van der Waals surface area contributed by atoms with Crippen molar-refractivity contribution in [3.05, 3.63) is 16.1 Å². The molecule has 1 aromatic rings. The summed E-state index contributed by atoms with van der Waals surface area (Å²) < 4.78 is 0. The third-order valence-corrected chi connectivity index (χ3v) is 5.33. The van der Waals surface area contributed by atoms with Crippen LogP contribution in [0.4, 0.5) is 0 Å². The zero-order valence-corrected chi connectivity index (χ0v) is 13.6. The third-order valence-electron chi connectivity index (χ3n) is 2.29. The summed E-state index contributed by atoms with van der Waals surface area (Å²) in [6.45, 7) is 13.6. The maximum atomic E-state index is 4.52. The molecule has 1 heterocycles. The first kappa shape index (κ1) is 15.0. The van der Waals surface area contributed by atoms with E-state index in [1.807, 2.05) is 23.1 Å². The summed E-state index contributed by atoms with van der Waals surface area (Å²) in [5.41, 5.74) is 0.679. The van der Waals surface area contributed by atoms with Crippen molar-refractivity contribution in [1.82, 2.24) is 4.98 Å². The molecule has 0 saturated heterocycles. The van der Waals surface area contributed by atoms with Crippen molar-refractivity contribution in [2.45, 2.75) is 53.4 Å². The van der Waals surface area contributed by atoms with Crippen LogP contribution in [0.1, 0.15) is 51.4 Å². The summed E-state index contributed by atoms with van der Waals surface area (Å²) in [5, 5.41) is 1.29. The SMILES string of the molecule is CC(C)(C)CSCCc1ncc(C(C)(C)C)s1. The van der Waals surface area contributed by atoms with Gasteiger partial charge in [0.15, 0.2) is 0 Å². The van der Waals surface area contributed by atoms with E-state index < -0.39 is 0 Å². The molecule has 0 aromatic carbocycles. The zero-order chi connectivity index (χ0) is 13.1. The molecule has 0 atom stereocenters. The second kappa shape index (κ2) is 5.75. The second-order valence-electron chi connectivity index (χ2n) is 6.73. The van der Waals surface area contributed by atoms with Crippen LogP contribution in [0.2, 0.25) is 0 Å². The Balaban J connectivity index is 2.36. The number of aryl methyl sites for hydroxylation is 1. The highest BCUT2D eigenvalue weighted by Gasteiger charge is 2.17. The van der Waals surface area contributed by atoms with E-state index in [9.17, 15) is 0 Å². The summed E-state index contributed by atoms with van der Waals surface area (Å²) in [6.07, 6.45) is 3.16. The molecule has 0 spiro atoms. The first-order chi connectivity index (χ1) is 7.68. The van der Waals surface area contributed by atoms with Gasteiger partial charge in [-0.15, -0.1) is 11.3 Å². The number of aromatic nitrogens is 1. The van der Waals surface area contributed by atoms with Crippen LogP contribution in [0.15, 0.2) is 6.20 Å². The predicted octanol–water partition coefficient (Wildman–Crippen LogP) is 4.76. The van der Waals surface area contributed by atoms with Crippen LogP contribution in [0.5, 0.6) is 0 Å². The first-order valence-corrected chi connectivity index (χ1v) is 8.18. The maximum Gasteiger partial charge on any atom is 0.0936 e. The molecule has 1 rings (SSSR count). The molecule has 0 N–H and O–H groups in total. The van der Waals surface area contributed by atoms with Gasteiger partial charge in [-0.05, 0) is 22.3 Å². The molecule has 0 aliphatic rings. The number of thiazole rings is 1. The average Bonchev–Trinajstić information content (AvgIpc) is 2.58. The van der Waals surface area contributed by atoms with Crippen molar-refractivity contribution in [3.8, 4) is 0 Å². The van der Waals surface area contributed by atoms with Gasteiger partial charge in [-0.25, -0.2) is 4.98 Å². The molecule has 0 aliphatic carbocycles. The van der Waals surface area contributed by atoms with Crippen LogP contribution in [-0.2, 0) is 11.8 Å². The van der Waals surface area contributed by atoms with Crippen molar-refractivity contribution in [2.75, 3.05) is 11.5 Å². The van der Waals surface area contributed by atoms with E-state index in [2.05, 4.69) is 52.7 Å². The highest BCUT2D eigenvalue weighted by atomic mass is 32.2. The van der Waals surface area contributed by atoms with Gasteiger partial charge in [0.05, 0.1) is 5.01 Å². The van der Waals surface area contributed by atoms with Gasteiger partial charge in [-0.1, -0.05) is 41.5 Å². The Bertz CT molecular complexity index is 342. The van der Waals surface area contributed by atoms with E-state index in [1.165, 1.54) is 21.4 Å². The molecule has 17 heavy (non-hydrogen) atoms. The first-order valence-electron chi connectivity index (χ1n) is 6.21. The molecule has 0 amide bonds. The lowest BCUT2D eigenvalue weighted by Crippen LogP contribution is -2.09. The molecular formula is C14H25NS2. The van der Waals surface area contributed by atoms with Gasteiger partial charge in [0.2, 0.25) is 0 Å². The highest BCUT2D eigenvalue weighted by Crippen LogP contribution is 2.28. The summed E-state index contributed by atoms with van der Waals surface area (Å²) in [6, 6.07) is 0. The van der Waals surface area contributed by atoms with Crippen LogP contribution < -0.4 is 0 Å². The van der Waals surface area contributed by atoms with Gasteiger partial charge in [0.25, 0.3) is 0 Å². The summed E-state index contributed by atoms with van der Waals surface area (Å²) in [5.74, 6) is 2.42. The van der Waals surface area contributed by atoms with Gasteiger partial charge in [0.1, 0.15) is 0 Å². The molecule has 1 nitrogen and oxygen atoms in total. The molecule has 1 aromatic heterocycles. The molecule has 0 aliphatic heterocycles. The highest BCUT2D eigenvalue weighted by molar-refractivity contribution is 7.99. The molecule has 0 radical (unpaired) electrons. The van der Waals surface area contributed by atoms with Crippen LogP contribution in [0, 0.1) is 5.41 Å².